The Labute approximate surface area is 136 Å². The molecule has 2 unspecified atom stereocenters. The average Bonchev–Trinajstić information content (AvgIpc) is 2.33. The van der Waals surface area contributed by atoms with Gasteiger partial charge in [-0.3, -0.25) is 4.90 Å². The quantitative estimate of drug-likeness (QED) is 0.674. The predicted molar refractivity (Wildman–Crippen MR) is 92.1 cm³/mol. The van der Waals surface area contributed by atoms with Gasteiger partial charge in [-0.05, 0) is 54.8 Å². The van der Waals surface area contributed by atoms with Gasteiger partial charge in [0.25, 0.3) is 0 Å². The molecule has 0 heterocycles. The molecule has 2 atom stereocenters. The summed E-state index contributed by atoms with van der Waals surface area (Å²) in [5.74, 6) is 0. The zero-order valence-corrected chi connectivity index (χ0v) is 15.5. The maximum atomic E-state index is 11.9. The third-order valence-corrected chi connectivity index (χ3v) is 3.38. The highest BCUT2D eigenvalue weighted by atomic mass is 16.6. The van der Waals surface area contributed by atoms with Crippen LogP contribution in [0.1, 0.15) is 41.0 Å². The minimum absolute atomic E-state index is 0.0615. The van der Waals surface area contributed by atoms with Crippen molar-refractivity contribution in [3.05, 3.63) is 0 Å². The van der Waals surface area contributed by atoms with Crippen molar-refractivity contribution in [2.24, 2.45) is 5.73 Å². The molecular weight excluding hydrogens is 280 g/mol. The van der Waals surface area contributed by atoms with Gasteiger partial charge in [0, 0.05) is 31.7 Å². The first-order chi connectivity index (χ1) is 10.1. The van der Waals surface area contributed by atoms with Crippen LogP contribution in [-0.2, 0) is 4.74 Å². The van der Waals surface area contributed by atoms with Gasteiger partial charge < -0.3 is 20.7 Å². The van der Waals surface area contributed by atoms with Gasteiger partial charge in [-0.1, -0.05) is 6.92 Å². The second-order valence-corrected chi connectivity index (χ2v) is 7.08. The molecule has 0 rings (SSSR count). The second kappa shape index (κ2) is 10.0. The van der Waals surface area contributed by atoms with E-state index in [1.807, 2.05) is 27.7 Å². The van der Waals surface area contributed by atoms with Crippen LogP contribution in [0, 0.1) is 0 Å². The van der Waals surface area contributed by atoms with Gasteiger partial charge in [-0.25, -0.2) is 4.79 Å². The van der Waals surface area contributed by atoms with E-state index in [9.17, 15) is 4.79 Å². The van der Waals surface area contributed by atoms with E-state index in [0.29, 0.717) is 6.54 Å². The molecule has 0 saturated heterocycles. The minimum Gasteiger partial charge on any atom is -0.444 e. The Hall–Kier alpha value is -0.850. The summed E-state index contributed by atoms with van der Waals surface area (Å²) in [5.41, 5.74) is 5.48. The molecule has 0 aromatic rings. The van der Waals surface area contributed by atoms with E-state index in [1.165, 1.54) is 0 Å². The highest BCUT2D eigenvalue weighted by Gasteiger charge is 2.26. The lowest BCUT2D eigenvalue weighted by Crippen LogP contribution is -2.55. The van der Waals surface area contributed by atoms with Crippen molar-refractivity contribution in [3.8, 4) is 0 Å². The molecule has 6 heteroatoms. The molecule has 0 bridgehead atoms. The first-order valence-corrected chi connectivity index (χ1v) is 8.19. The summed E-state index contributed by atoms with van der Waals surface area (Å²) in [5, 5.41) is 2.92. The van der Waals surface area contributed by atoms with Gasteiger partial charge in [0.2, 0.25) is 0 Å². The van der Waals surface area contributed by atoms with E-state index in [0.717, 1.165) is 26.1 Å². The fourth-order valence-electron chi connectivity index (χ4n) is 2.32. The number of carbonyl (C=O) groups is 1. The van der Waals surface area contributed by atoms with Crippen LogP contribution in [0.5, 0.6) is 0 Å². The lowest BCUT2D eigenvalue weighted by molar-refractivity contribution is 0.0467. The van der Waals surface area contributed by atoms with E-state index in [-0.39, 0.29) is 18.2 Å². The number of carbonyl (C=O) groups excluding carboxylic acids is 1. The largest absolute Gasteiger partial charge is 0.444 e. The minimum atomic E-state index is -0.490. The molecule has 22 heavy (non-hydrogen) atoms. The second-order valence-electron chi connectivity index (χ2n) is 7.08. The van der Waals surface area contributed by atoms with Gasteiger partial charge in [0.05, 0.1) is 0 Å². The number of alkyl carbamates (subject to hydrolysis) is 1. The number of ether oxygens (including phenoxy) is 1. The molecule has 0 aliphatic carbocycles. The number of nitrogens with one attached hydrogen (secondary N) is 1. The highest BCUT2D eigenvalue weighted by Crippen LogP contribution is 2.09. The Bertz CT molecular complexity index is 316. The summed E-state index contributed by atoms with van der Waals surface area (Å²) < 4.78 is 5.32. The van der Waals surface area contributed by atoms with Crippen molar-refractivity contribution in [2.75, 3.05) is 40.3 Å². The van der Waals surface area contributed by atoms with Crippen LogP contribution < -0.4 is 11.1 Å². The normalized spacial score (nSPS) is 15.0. The first kappa shape index (κ1) is 21.1. The molecule has 6 nitrogen and oxygen atoms in total. The Kier molecular flexibility index (Phi) is 9.64. The van der Waals surface area contributed by atoms with E-state index in [4.69, 9.17) is 10.5 Å². The molecular formula is C16H36N4O2. The van der Waals surface area contributed by atoms with E-state index in [1.54, 1.807) is 0 Å². The Morgan fingerprint density at radius 1 is 1.23 bits per heavy atom. The number of hydrogen-bond donors (Lipinski definition) is 2. The average molecular weight is 316 g/mol. The highest BCUT2D eigenvalue weighted by molar-refractivity contribution is 5.68. The van der Waals surface area contributed by atoms with Gasteiger partial charge in [-0.2, -0.15) is 0 Å². The zero-order chi connectivity index (χ0) is 17.3. The number of hydrogen-bond acceptors (Lipinski definition) is 5. The lowest BCUT2D eigenvalue weighted by atomic mass is 10.1. The van der Waals surface area contributed by atoms with E-state index >= 15 is 0 Å². The third-order valence-electron chi connectivity index (χ3n) is 3.38. The number of likely N-dealkylation sites (N-methyl/N-ethyl adjacent to an activating group) is 1. The van der Waals surface area contributed by atoms with Crippen molar-refractivity contribution in [1.29, 1.82) is 0 Å². The van der Waals surface area contributed by atoms with E-state index < -0.39 is 5.60 Å². The van der Waals surface area contributed by atoms with Gasteiger partial charge in [-0.15, -0.1) is 0 Å². The van der Waals surface area contributed by atoms with Crippen molar-refractivity contribution in [1.82, 2.24) is 15.1 Å². The summed E-state index contributed by atoms with van der Waals surface area (Å²) in [7, 11) is 4.12. The van der Waals surface area contributed by atoms with Crippen LogP contribution in [0.15, 0.2) is 0 Å². The Morgan fingerprint density at radius 2 is 1.82 bits per heavy atom. The molecule has 0 saturated carbocycles. The van der Waals surface area contributed by atoms with Gasteiger partial charge in [0.1, 0.15) is 5.60 Å². The SMILES string of the molecule is CCCN(CCN(C)C)C(CN)C(C)NC(=O)OC(C)(C)C. The monoisotopic (exact) mass is 316 g/mol. The van der Waals surface area contributed by atoms with Crippen molar-refractivity contribution in [3.63, 3.8) is 0 Å². The fourth-order valence-corrected chi connectivity index (χ4v) is 2.32. The van der Waals surface area contributed by atoms with Crippen LogP contribution >= 0.6 is 0 Å². The fraction of sp³-hybridized carbons (Fsp3) is 0.938. The number of nitrogens with two attached hydrogens (primary N) is 1. The predicted octanol–water partition coefficient (Wildman–Crippen LogP) is 1.50. The van der Waals surface area contributed by atoms with Crippen LogP contribution in [0.25, 0.3) is 0 Å². The summed E-state index contributed by atoms with van der Waals surface area (Å²) in [6.45, 7) is 13.1. The van der Waals surface area contributed by atoms with Crippen LogP contribution in [0.4, 0.5) is 4.79 Å². The number of amides is 1. The standard InChI is InChI=1S/C16H36N4O2/c1-8-9-20(11-10-19(6)7)14(12-17)13(2)18-15(21)22-16(3,4)5/h13-14H,8-12,17H2,1-7H3,(H,18,21). The molecule has 0 aliphatic rings. The van der Waals surface area contributed by atoms with Crippen molar-refractivity contribution >= 4 is 6.09 Å². The summed E-state index contributed by atoms with van der Waals surface area (Å²) in [6.07, 6.45) is 0.672. The Morgan fingerprint density at radius 3 is 2.23 bits per heavy atom. The molecule has 0 aliphatic heterocycles. The topological polar surface area (TPSA) is 70.8 Å². The smallest absolute Gasteiger partial charge is 0.407 e. The van der Waals surface area contributed by atoms with Crippen LogP contribution in [0.2, 0.25) is 0 Å². The van der Waals surface area contributed by atoms with Crippen LogP contribution in [0.3, 0.4) is 0 Å². The maximum absolute atomic E-state index is 11.9. The molecule has 132 valence electrons. The molecule has 0 fully saturated rings. The van der Waals surface area contributed by atoms with Crippen LogP contribution in [-0.4, -0.2) is 73.9 Å². The summed E-state index contributed by atoms with van der Waals surface area (Å²) in [6, 6.07) is 0.0426. The molecule has 0 aromatic heterocycles. The Balaban J connectivity index is 4.69. The lowest BCUT2D eigenvalue weighted by Gasteiger charge is -2.36. The van der Waals surface area contributed by atoms with Crippen molar-refractivity contribution < 1.29 is 9.53 Å². The molecule has 0 radical (unpaired) electrons. The number of nitrogens with zero attached hydrogens (tertiary/aromatic N) is 2. The van der Waals surface area contributed by atoms with Gasteiger partial charge >= 0.3 is 6.09 Å². The zero-order valence-electron chi connectivity index (χ0n) is 15.5. The molecule has 0 spiro atoms. The molecule has 0 aromatic carbocycles. The van der Waals surface area contributed by atoms with Gasteiger partial charge in [0.15, 0.2) is 0 Å². The third kappa shape index (κ3) is 9.23. The summed E-state index contributed by atoms with van der Waals surface area (Å²) >= 11 is 0. The molecule has 3 N–H and O–H groups in total. The van der Waals surface area contributed by atoms with E-state index in [2.05, 4.69) is 36.1 Å². The molecule has 1 amide bonds. The number of rotatable bonds is 9. The first-order valence-electron chi connectivity index (χ1n) is 8.19. The maximum Gasteiger partial charge on any atom is 0.407 e. The summed E-state index contributed by atoms with van der Waals surface area (Å²) in [4.78, 5) is 16.4. The van der Waals surface area contributed by atoms with Crippen molar-refractivity contribution in [2.45, 2.75) is 58.7 Å².